The number of anilines is 1. The molecular formula is C20H20N2O4. The molecule has 6 heteroatoms. The molecule has 0 spiro atoms. The van der Waals surface area contributed by atoms with Gasteiger partial charge in [0.05, 0.1) is 24.9 Å². The average Bonchev–Trinajstić information content (AvgIpc) is 3.10. The summed E-state index contributed by atoms with van der Waals surface area (Å²) in [4.78, 5) is 29.4. The largest absolute Gasteiger partial charge is 0.496 e. The van der Waals surface area contributed by atoms with Crippen LogP contribution in [0, 0.1) is 0 Å². The molecule has 0 saturated carbocycles. The van der Waals surface area contributed by atoms with Crippen molar-refractivity contribution >= 4 is 17.5 Å². The lowest BCUT2D eigenvalue weighted by atomic mass is 10.1. The van der Waals surface area contributed by atoms with Crippen molar-refractivity contribution in [2.45, 2.75) is 18.6 Å². The number of hydrogen-bond acceptors (Lipinski definition) is 4. The van der Waals surface area contributed by atoms with E-state index in [9.17, 15) is 9.59 Å². The number of likely N-dealkylation sites (tertiary alicyclic amines) is 1. The fourth-order valence-corrected chi connectivity index (χ4v) is 3.67. The summed E-state index contributed by atoms with van der Waals surface area (Å²) < 4.78 is 11.4. The normalized spacial score (nSPS) is 21.5. The maximum absolute atomic E-state index is 13.1. The van der Waals surface area contributed by atoms with Crippen LogP contribution in [0.25, 0.3) is 0 Å². The molecule has 2 amide bonds. The van der Waals surface area contributed by atoms with Crippen LogP contribution in [0.2, 0.25) is 0 Å². The van der Waals surface area contributed by atoms with Crippen molar-refractivity contribution in [2.75, 3.05) is 25.6 Å². The van der Waals surface area contributed by atoms with Crippen molar-refractivity contribution in [1.82, 2.24) is 4.90 Å². The zero-order chi connectivity index (χ0) is 18.3. The van der Waals surface area contributed by atoms with Gasteiger partial charge >= 0.3 is 0 Å². The summed E-state index contributed by atoms with van der Waals surface area (Å²) in [7, 11) is 3.25. The van der Waals surface area contributed by atoms with Gasteiger partial charge in [-0.1, -0.05) is 24.3 Å². The van der Waals surface area contributed by atoms with E-state index in [0.29, 0.717) is 30.0 Å². The molecule has 2 bridgehead atoms. The molecule has 1 saturated heterocycles. The van der Waals surface area contributed by atoms with Gasteiger partial charge < -0.3 is 19.3 Å². The predicted molar refractivity (Wildman–Crippen MR) is 96.7 cm³/mol. The minimum Gasteiger partial charge on any atom is -0.496 e. The van der Waals surface area contributed by atoms with Crippen molar-refractivity contribution in [1.29, 1.82) is 0 Å². The first-order valence-electron chi connectivity index (χ1n) is 8.57. The minimum atomic E-state index is -0.546. The Hall–Kier alpha value is -3.02. The first-order valence-corrected chi connectivity index (χ1v) is 8.57. The highest BCUT2D eigenvalue weighted by atomic mass is 16.5. The molecule has 0 radical (unpaired) electrons. The van der Waals surface area contributed by atoms with Gasteiger partial charge in [0.1, 0.15) is 23.6 Å². The van der Waals surface area contributed by atoms with Gasteiger partial charge in [-0.3, -0.25) is 9.59 Å². The third-order valence-corrected chi connectivity index (χ3v) is 5.00. The lowest BCUT2D eigenvalue weighted by molar-refractivity contribution is -0.122. The number of hydrogen-bond donors (Lipinski definition) is 0. The summed E-state index contributed by atoms with van der Waals surface area (Å²) in [5.74, 6) is 0.843. The van der Waals surface area contributed by atoms with Gasteiger partial charge in [-0.05, 0) is 24.3 Å². The maximum Gasteiger partial charge on any atom is 0.258 e. The number of benzene rings is 2. The standard InChI is InChI=1S/C20H20N2O4/c1-21-15-8-4-6-10-18(15)26-13-11-16(20(21)24)22(12-13)19(23)14-7-3-5-9-17(14)25-2/h3-10,13,16H,11-12H2,1-2H3/t13-,16-/m0/s1. The molecule has 0 aliphatic carbocycles. The highest BCUT2D eigenvalue weighted by Gasteiger charge is 2.44. The van der Waals surface area contributed by atoms with Crippen LogP contribution in [-0.4, -0.2) is 49.6 Å². The van der Waals surface area contributed by atoms with Crippen LogP contribution in [0.1, 0.15) is 16.8 Å². The Labute approximate surface area is 151 Å². The molecule has 2 atom stereocenters. The second-order valence-corrected chi connectivity index (χ2v) is 6.51. The van der Waals surface area contributed by atoms with Gasteiger partial charge in [0.25, 0.3) is 5.91 Å². The second-order valence-electron chi connectivity index (χ2n) is 6.51. The van der Waals surface area contributed by atoms with Crippen molar-refractivity contribution in [3.8, 4) is 11.5 Å². The van der Waals surface area contributed by atoms with Gasteiger partial charge in [0, 0.05) is 13.5 Å². The van der Waals surface area contributed by atoms with E-state index in [-0.39, 0.29) is 17.9 Å². The molecule has 2 aromatic carbocycles. The first kappa shape index (κ1) is 16.4. The van der Waals surface area contributed by atoms with E-state index >= 15 is 0 Å². The van der Waals surface area contributed by atoms with Crippen molar-refractivity contribution < 1.29 is 19.1 Å². The molecule has 0 N–H and O–H groups in total. The number of para-hydroxylation sites is 3. The van der Waals surface area contributed by atoms with Gasteiger partial charge in [0.2, 0.25) is 5.91 Å². The van der Waals surface area contributed by atoms with E-state index in [2.05, 4.69) is 0 Å². The van der Waals surface area contributed by atoms with E-state index in [1.54, 1.807) is 35.0 Å². The third-order valence-electron chi connectivity index (χ3n) is 5.00. The maximum atomic E-state index is 13.1. The molecule has 2 aliphatic heterocycles. The van der Waals surface area contributed by atoms with Crippen molar-refractivity contribution in [2.24, 2.45) is 0 Å². The zero-order valence-electron chi connectivity index (χ0n) is 14.7. The number of fused-ring (bicyclic) bond motifs is 3. The molecule has 1 fully saturated rings. The predicted octanol–water partition coefficient (Wildman–Crippen LogP) is 2.33. The monoisotopic (exact) mass is 352 g/mol. The number of rotatable bonds is 2. The fourth-order valence-electron chi connectivity index (χ4n) is 3.67. The highest BCUT2D eigenvalue weighted by Crippen LogP contribution is 2.36. The van der Waals surface area contributed by atoms with Crippen LogP contribution >= 0.6 is 0 Å². The Morgan fingerprint density at radius 1 is 1.15 bits per heavy atom. The number of amides is 2. The summed E-state index contributed by atoms with van der Waals surface area (Å²) in [5.41, 5.74) is 1.17. The van der Waals surface area contributed by atoms with Gasteiger partial charge in [-0.2, -0.15) is 0 Å². The Morgan fingerprint density at radius 3 is 2.69 bits per heavy atom. The second kappa shape index (κ2) is 6.37. The van der Waals surface area contributed by atoms with E-state index in [4.69, 9.17) is 9.47 Å². The molecule has 2 aliphatic rings. The molecule has 2 heterocycles. The fraction of sp³-hybridized carbons (Fsp3) is 0.300. The molecular weight excluding hydrogens is 332 g/mol. The van der Waals surface area contributed by atoms with Crippen molar-refractivity contribution in [3.63, 3.8) is 0 Å². The van der Waals surface area contributed by atoms with E-state index in [1.807, 2.05) is 30.3 Å². The first-order chi connectivity index (χ1) is 12.6. The van der Waals surface area contributed by atoms with Crippen LogP contribution in [0.5, 0.6) is 11.5 Å². The van der Waals surface area contributed by atoms with Gasteiger partial charge in [-0.15, -0.1) is 0 Å². The molecule has 0 aromatic heterocycles. The van der Waals surface area contributed by atoms with Crippen LogP contribution in [0.4, 0.5) is 5.69 Å². The topological polar surface area (TPSA) is 59.1 Å². The van der Waals surface area contributed by atoms with Gasteiger partial charge in [-0.25, -0.2) is 0 Å². The number of carbonyl (C=O) groups excluding carboxylic acids is 2. The highest BCUT2D eigenvalue weighted by molar-refractivity contribution is 6.04. The summed E-state index contributed by atoms with van der Waals surface area (Å²) in [6.07, 6.45) is 0.274. The lowest BCUT2D eigenvalue weighted by Crippen LogP contribution is -2.46. The number of methoxy groups -OCH3 is 1. The van der Waals surface area contributed by atoms with Crippen LogP contribution < -0.4 is 14.4 Å². The van der Waals surface area contributed by atoms with E-state index < -0.39 is 6.04 Å². The molecule has 2 aromatic rings. The van der Waals surface area contributed by atoms with Crippen LogP contribution in [0.3, 0.4) is 0 Å². The molecule has 26 heavy (non-hydrogen) atoms. The summed E-state index contributed by atoms with van der Waals surface area (Å²) >= 11 is 0. The summed E-state index contributed by atoms with van der Waals surface area (Å²) in [6.45, 7) is 0.370. The molecule has 134 valence electrons. The number of ether oxygens (including phenoxy) is 2. The number of carbonyl (C=O) groups is 2. The molecule has 6 nitrogen and oxygen atoms in total. The minimum absolute atomic E-state index is 0.105. The SMILES string of the molecule is COc1ccccc1C(=O)N1C[C@@H]2C[C@H]1C(=O)N(C)c1ccccc1O2. The summed E-state index contributed by atoms with van der Waals surface area (Å²) in [5, 5.41) is 0. The van der Waals surface area contributed by atoms with Crippen LogP contribution in [-0.2, 0) is 4.79 Å². The average molecular weight is 352 g/mol. The smallest absolute Gasteiger partial charge is 0.258 e. The number of nitrogens with zero attached hydrogens (tertiary/aromatic N) is 2. The van der Waals surface area contributed by atoms with E-state index in [0.717, 1.165) is 5.69 Å². The Morgan fingerprint density at radius 2 is 1.88 bits per heavy atom. The van der Waals surface area contributed by atoms with Gasteiger partial charge in [0.15, 0.2) is 0 Å². The molecule has 0 unspecified atom stereocenters. The zero-order valence-corrected chi connectivity index (χ0v) is 14.7. The van der Waals surface area contributed by atoms with Crippen LogP contribution in [0.15, 0.2) is 48.5 Å². The Balaban J connectivity index is 1.70. The van der Waals surface area contributed by atoms with Crippen molar-refractivity contribution in [3.05, 3.63) is 54.1 Å². The van der Waals surface area contributed by atoms with E-state index in [1.165, 1.54) is 7.11 Å². The quantitative estimate of drug-likeness (QED) is 0.832. The third kappa shape index (κ3) is 2.58. The number of likely N-dealkylation sites (N-methyl/N-ethyl adjacent to an activating group) is 1. The Kier molecular flexibility index (Phi) is 4.03. The molecule has 4 rings (SSSR count). The summed E-state index contributed by atoms with van der Waals surface area (Å²) in [6, 6.07) is 14.0. The lowest BCUT2D eigenvalue weighted by Gasteiger charge is -2.29. The Bertz CT molecular complexity index is 866.